The van der Waals surface area contributed by atoms with E-state index in [9.17, 15) is 13.2 Å². The van der Waals surface area contributed by atoms with Gasteiger partial charge in [0.25, 0.3) is 0 Å². The van der Waals surface area contributed by atoms with Crippen LogP contribution in [0.3, 0.4) is 0 Å². The monoisotopic (exact) mass is 393 g/mol. The number of hydrogen-bond acceptors (Lipinski definition) is 4. The number of anilines is 1. The van der Waals surface area contributed by atoms with E-state index in [0.717, 1.165) is 0 Å². The Labute approximate surface area is 164 Å². The van der Waals surface area contributed by atoms with Gasteiger partial charge in [-0.3, -0.25) is 4.79 Å². The molecule has 28 heavy (non-hydrogen) atoms. The number of hydrogen-bond donors (Lipinski definition) is 1. The predicted octanol–water partition coefficient (Wildman–Crippen LogP) is 2.58. The molecule has 6 nitrogen and oxygen atoms in total. The van der Waals surface area contributed by atoms with Gasteiger partial charge in [-0.1, -0.05) is 12.0 Å². The molecule has 0 atom stereocenters. The Kier molecular flexibility index (Phi) is 5.79. The van der Waals surface area contributed by atoms with Gasteiger partial charge in [-0.2, -0.15) is 9.57 Å². The summed E-state index contributed by atoms with van der Waals surface area (Å²) in [6, 6.07) is 14.9. The lowest BCUT2D eigenvalue weighted by Crippen LogP contribution is -2.41. The number of benzene rings is 2. The van der Waals surface area contributed by atoms with E-state index in [4.69, 9.17) is 11.7 Å². The molecule has 2 aromatic carbocycles. The summed E-state index contributed by atoms with van der Waals surface area (Å²) >= 11 is 0. The van der Waals surface area contributed by atoms with Crippen LogP contribution >= 0.6 is 0 Å². The highest BCUT2D eigenvalue weighted by molar-refractivity contribution is 7.89. The lowest BCUT2D eigenvalue weighted by Gasteiger charge is -2.30. The number of carbonyl (C=O) groups is 1. The largest absolute Gasteiger partial charge is 0.326 e. The number of sulfonamides is 1. The Morgan fingerprint density at radius 1 is 1.11 bits per heavy atom. The first kappa shape index (κ1) is 19.6. The Balaban J connectivity index is 1.62. The molecule has 0 unspecified atom stereocenters. The zero-order valence-corrected chi connectivity index (χ0v) is 15.9. The number of nitriles is 1. The van der Waals surface area contributed by atoms with Crippen molar-refractivity contribution < 1.29 is 13.2 Å². The number of piperidine rings is 1. The highest BCUT2D eigenvalue weighted by Crippen LogP contribution is 2.25. The van der Waals surface area contributed by atoms with Crippen LogP contribution in [-0.4, -0.2) is 31.7 Å². The molecule has 0 radical (unpaired) electrons. The van der Waals surface area contributed by atoms with Gasteiger partial charge in [0.05, 0.1) is 16.5 Å². The molecule has 1 N–H and O–H groups in total. The van der Waals surface area contributed by atoms with Gasteiger partial charge in [-0.25, -0.2) is 8.42 Å². The lowest BCUT2D eigenvalue weighted by molar-refractivity contribution is -0.120. The van der Waals surface area contributed by atoms with E-state index < -0.39 is 10.0 Å². The summed E-state index contributed by atoms with van der Waals surface area (Å²) in [6.45, 7) is 0.537. The van der Waals surface area contributed by atoms with Crippen molar-refractivity contribution in [1.29, 1.82) is 5.26 Å². The van der Waals surface area contributed by atoms with Gasteiger partial charge >= 0.3 is 0 Å². The maximum absolute atomic E-state index is 12.7. The number of terminal acetylenes is 1. The van der Waals surface area contributed by atoms with E-state index in [1.807, 2.05) is 6.07 Å². The SMILES string of the molecule is C#Cc1cccc(NC(=O)C2CCN(S(=O)(=O)c3ccc(C#N)cc3)CC2)c1. The van der Waals surface area contributed by atoms with Crippen molar-refractivity contribution >= 4 is 21.6 Å². The zero-order chi connectivity index (χ0) is 20.1. The number of rotatable bonds is 4. The van der Waals surface area contributed by atoms with Crippen LogP contribution in [0.25, 0.3) is 0 Å². The van der Waals surface area contributed by atoms with Crippen molar-refractivity contribution in [2.45, 2.75) is 17.7 Å². The van der Waals surface area contributed by atoms with Crippen LogP contribution in [0.1, 0.15) is 24.0 Å². The average molecular weight is 393 g/mol. The van der Waals surface area contributed by atoms with Gasteiger partial charge in [0.1, 0.15) is 0 Å². The molecule has 0 saturated carbocycles. The zero-order valence-electron chi connectivity index (χ0n) is 15.1. The van der Waals surface area contributed by atoms with Crippen molar-refractivity contribution in [2.75, 3.05) is 18.4 Å². The van der Waals surface area contributed by atoms with E-state index in [-0.39, 0.29) is 29.8 Å². The predicted molar refractivity (Wildman–Crippen MR) is 106 cm³/mol. The second-order valence-electron chi connectivity index (χ2n) is 6.53. The quantitative estimate of drug-likeness (QED) is 0.809. The summed E-state index contributed by atoms with van der Waals surface area (Å²) < 4.78 is 26.9. The van der Waals surface area contributed by atoms with Crippen molar-refractivity contribution in [2.24, 2.45) is 5.92 Å². The Morgan fingerprint density at radius 2 is 1.79 bits per heavy atom. The molecule has 0 aliphatic carbocycles. The van der Waals surface area contributed by atoms with E-state index in [2.05, 4.69) is 11.2 Å². The van der Waals surface area contributed by atoms with Crippen LogP contribution in [-0.2, 0) is 14.8 Å². The van der Waals surface area contributed by atoms with Crippen LogP contribution in [0.5, 0.6) is 0 Å². The highest BCUT2D eigenvalue weighted by Gasteiger charge is 2.32. The minimum absolute atomic E-state index is 0.135. The van der Waals surface area contributed by atoms with Crippen LogP contribution in [0, 0.1) is 29.6 Å². The first-order chi connectivity index (χ1) is 13.4. The van der Waals surface area contributed by atoms with Crippen LogP contribution in [0.15, 0.2) is 53.4 Å². The lowest BCUT2D eigenvalue weighted by atomic mass is 9.97. The first-order valence-electron chi connectivity index (χ1n) is 8.82. The molecule has 2 aromatic rings. The van der Waals surface area contributed by atoms with Gasteiger partial charge in [0.15, 0.2) is 0 Å². The van der Waals surface area contributed by atoms with Gasteiger partial charge in [-0.05, 0) is 55.3 Å². The maximum Gasteiger partial charge on any atom is 0.243 e. The smallest absolute Gasteiger partial charge is 0.243 e. The van der Waals surface area contributed by atoms with E-state index in [1.54, 1.807) is 24.3 Å². The number of nitrogens with one attached hydrogen (secondary N) is 1. The second kappa shape index (κ2) is 8.26. The fourth-order valence-electron chi connectivity index (χ4n) is 3.14. The van der Waals surface area contributed by atoms with Gasteiger partial charge in [0.2, 0.25) is 15.9 Å². The molecule has 1 amide bonds. The Hall–Kier alpha value is -3.13. The van der Waals surface area contributed by atoms with Crippen molar-refractivity contribution in [3.05, 3.63) is 59.7 Å². The number of carbonyl (C=O) groups excluding carboxylic acids is 1. The summed E-state index contributed by atoms with van der Waals surface area (Å²) in [5, 5.41) is 11.7. The summed E-state index contributed by atoms with van der Waals surface area (Å²) in [6.07, 6.45) is 6.25. The second-order valence-corrected chi connectivity index (χ2v) is 8.47. The van der Waals surface area contributed by atoms with Crippen molar-refractivity contribution in [3.63, 3.8) is 0 Å². The molecule has 0 spiro atoms. The standard InChI is InChI=1S/C21H19N3O3S/c1-2-16-4-3-5-19(14-16)23-21(25)18-10-12-24(13-11-18)28(26,27)20-8-6-17(15-22)7-9-20/h1,3-9,14,18H,10-13H2,(H,23,25). The molecule has 1 fully saturated rings. The van der Waals surface area contributed by atoms with Gasteiger partial charge in [0, 0.05) is 30.3 Å². The third-order valence-corrected chi connectivity index (χ3v) is 6.66. The summed E-state index contributed by atoms with van der Waals surface area (Å²) in [7, 11) is -3.63. The fraction of sp³-hybridized carbons (Fsp3) is 0.238. The van der Waals surface area contributed by atoms with Gasteiger partial charge < -0.3 is 5.32 Å². The normalized spacial score (nSPS) is 15.4. The first-order valence-corrected chi connectivity index (χ1v) is 10.3. The maximum atomic E-state index is 12.7. The van der Waals surface area contributed by atoms with Gasteiger partial charge in [-0.15, -0.1) is 6.42 Å². The highest BCUT2D eigenvalue weighted by atomic mass is 32.2. The fourth-order valence-corrected chi connectivity index (χ4v) is 4.61. The van der Waals surface area contributed by atoms with Crippen LogP contribution < -0.4 is 5.32 Å². The van der Waals surface area contributed by atoms with E-state index in [0.29, 0.717) is 29.7 Å². The summed E-state index contributed by atoms with van der Waals surface area (Å²) in [4.78, 5) is 12.7. The molecular weight excluding hydrogens is 374 g/mol. The Bertz CT molecular complexity index is 1060. The molecule has 1 saturated heterocycles. The molecule has 142 valence electrons. The molecule has 0 aromatic heterocycles. The third kappa shape index (κ3) is 4.23. The Morgan fingerprint density at radius 3 is 2.39 bits per heavy atom. The summed E-state index contributed by atoms with van der Waals surface area (Å²) in [5.74, 6) is 2.13. The van der Waals surface area contributed by atoms with Crippen molar-refractivity contribution in [1.82, 2.24) is 4.31 Å². The molecule has 1 aliphatic rings. The van der Waals surface area contributed by atoms with Crippen LogP contribution in [0.2, 0.25) is 0 Å². The molecule has 0 bridgehead atoms. The molecule has 1 aliphatic heterocycles. The topological polar surface area (TPSA) is 90.3 Å². The average Bonchev–Trinajstić information content (AvgIpc) is 2.74. The van der Waals surface area contributed by atoms with Crippen molar-refractivity contribution in [3.8, 4) is 18.4 Å². The van der Waals surface area contributed by atoms with E-state index in [1.165, 1.54) is 28.6 Å². The number of nitrogens with zero attached hydrogens (tertiary/aromatic N) is 2. The molecular formula is C21H19N3O3S. The third-order valence-electron chi connectivity index (χ3n) is 4.74. The minimum Gasteiger partial charge on any atom is -0.326 e. The number of amides is 1. The van der Waals surface area contributed by atoms with E-state index >= 15 is 0 Å². The molecule has 7 heteroatoms. The summed E-state index contributed by atoms with van der Waals surface area (Å²) in [5.41, 5.74) is 1.72. The molecule has 3 rings (SSSR count). The van der Waals surface area contributed by atoms with Crippen LogP contribution in [0.4, 0.5) is 5.69 Å². The molecule has 1 heterocycles. The minimum atomic E-state index is -3.63.